The molecule has 1 aliphatic heterocycles. The molecule has 0 aliphatic carbocycles. The van der Waals surface area contributed by atoms with Crippen molar-refractivity contribution in [3.8, 4) is 5.69 Å². The average Bonchev–Trinajstić information content (AvgIpc) is 3.50. The summed E-state index contributed by atoms with van der Waals surface area (Å²) in [6, 6.07) is 18.7. The summed E-state index contributed by atoms with van der Waals surface area (Å²) < 4.78 is 1.86. The first-order chi connectivity index (χ1) is 16.1. The molecule has 34 heavy (non-hydrogen) atoms. The number of amides is 1. The smallest absolute Gasteiger partial charge is 0.222 e. The molecule has 2 heterocycles. The van der Waals surface area contributed by atoms with Crippen LogP contribution in [0.3, 0.4) is 0 Å². The Morgan fingerprint density at radius 1 is 1.15 bits per heavy atom. The first-order valence-corrected chi connectivity index (χ1v) is 11.6. The van der Waals surface area contributed by atoms with Gasteiger partial charge in [-0.3, -0.25) is 4.79 Å². The highest BCUT2D eigenvalue weighted by molar-refractivity contribution is 14.0. The largest absolute Gasteiger partial charge is 0.357 e. The number of hydrogen-bond acceptors (Lipinski definition) is 3. The molecule has 1 aromatic heterocycles. The number of benzene rings is 2. The molecule has 0 radical (unpaired) electrons. The van der Waals surface area contributed by atoms with Crippen molar-refractivity contribution in [1.29, 1.82) is 0 Å². The van der Waals surface area contributed by atoms with Crippen molar-refractivity contribution < 1.29 is 4.79 Å². The molecular weight excluding hydrogens is 539 g/mol. The van der Waals surface area contributed by atoms with E-state index in [1.54, 1.807) is 6.20 Å². The normalized spacial score (nSPS) is 14.6. The zero-order valence-electron chi connectivity index (χ0n) is 19.8. The van der Waals surface area contributed by atoms with Crippen LogP contribution in [0.15, 0.2) is 72.0 Å². The van der Waals surface area contributed by atoms with Crippen molar-refractivity contribution in [2.24, 2.45) is 4.99 Å². The Labute approximate surface area is 218 Å². The number of likely N-dealkylation sites (tertiary alicyclic amines) is 1. The monoisotopic (exact) mass is 572 g/mol. The van der Waals surface area contributed by atoms with Crippen LogP contribution in [0.4, 0.5) is 0 Å². The number of nitrogens with zero attached hydrogens (tertiary/aromatic N) is 4. The summed E-state index contributed by atoms with van der Waals surface area (Å²) in [5, 5.41) is 11.2. The van der Waals surface area contributed by atoms with E-state index in [2.05, 4.69) is 59.9 Å². The summed E-state index contributed by atoms with van der Waals surface area (Å²) >= 11 is 0. The number of aromatic nitrogens is 2. The van der Waals surface area contributed by atoms with Gasteiger partial charge in [0.05, 0.1) is 18.3 Å². The van der Waals surface area contributed by atoms with E-state index in [1.165, 1.54) is 0 Å². The fourth-order valence-corrected chi connectivity index (χ4v) is 4.05. The molecule has 2 N–H and O–H groups in total. The molecule has 0 bridgehead atoms. The maximum Gasteiger partial charge on any atom is 0.222 e. The third-order valence-electron chi connectivity index (χ3n) is 5.79. The summed E-state index contributed by atoms with van der Waals surface area (Å²) in [5.74, 6) is 1.03. The van der Waals surface area contributed by atoms with Crippen LogP contribution in [-0.4, -0.2) is 39.6 Å². The highest BCUT2D eigenvalue weighted by Gasteiger charge is 2.20. The lowest BCUT2D eigenvalue weighted by atomic mass is 10.1. The van der Waals surface area contributed by atoms with Gasteiger partial charge in [-0.2, -0.15) is 5.10 Å². The number of carbonyl (C=O) groups excluding carboxylic acids is 1. The van der Waals surface area contributed by atoms with Crippen LogP contribution < -0.4 is 10.6 Å². The molecule has 2 aromatic carbocycles. The van der Waals surface area contributed by atoms with Crippen molar-refractivity contribution >= 4 is 35.8 Å². The minimum absolute atomic E-state index is 0. The second-order valence-corrected chi connectivity index (χ2v) is 8.35. The van der Waals surface area contributed by atoms with Gasteiger partial charge in [-0.05, 0) is 55.2 Å². The van der Waals surface area contributed by atoms with Gasteiger partial charge in [-0.25, -0.2) is 9.67 Å². The quantitative estimate of drug-likeness (QED) is 0.238. The molecule has 180 valence electrons. The van der Waals surface area contributed by atoms with Crippen molar-refractivity contribution in [3.63, 3.8) is 0 Å². The molecule has 1 unspecified atom stereocenters. The Morgan fingerprint density at radius 2 is 1.97 bits per heavy atom. The van der Waals surface area contributed by atoms with Crippen molar-refractivity contribution in [2.75, 3.05) is 13.1 Å². The van der Waals surface area contributed by atoms with Gasteiger partial charge < -0.3 is 15.5 Å². The van der Waals surface area contributed by atoms with Gasteiger partial charge in [0.2, 0.25) is 5.91 Å². The fourth-order valence-electron chi connectivity index (χ4n) is 4.05. The zero-order chi connectivity index (χ0) is 23.0. The summed E-state index contributed by atoms with van der Waals surface area (Å²) in [5.41, 5.74) is 4.47. The second-order valence-electron chi connectivity index (χ2n) is 8.35. The van der Waals surface area contributed by atoms with E-state index in [-0.39, 0.29) is 35.9 Å². The van der Waals surface area contributed by atoms with Crippen LogP contribution in [0, 0.1) is 0 Å². The second kappa shape index (κ2) is 12.5. The Balaban J connectivity index is 0.00000324. The van der Waals surface area contributed by atoms with Gasteiger partial charge in [0.1, 0.15) is 0 Å². The summed E-state index contributed by atoms with van der Waals surface area (Å²) in [6.07, 6.45) is 5.35. The molecular formula is C26H33IN6O. The minimum Gasteiger partial charge on any atom is -0.357 e. The summed E-state index contributed by atoms with van der Waals surface area (Å²) in [7, 11) is 0. The molecule has 1 amide bonds. The highest BCUT2D eigenvalue weighted by Crippen LogP contribution is 2.17. The first-order valence-electron chi connectivity index (χ1n) is 11.6. The van der Waals surface area contributed by atoms with Crippen molar-refractivity contribution in [1.82, 2.24) is 25.3 Å². The number of hydrogen-bond donors (Lipinski definition) is 2. The molecule has 0 saturated carbocycles. The van der Waals surface area contributed by atoms with E-state index in [4.69, 9.17) is 4.99 Å². The Morgan fingerprint density at radius 3 is 2.71 bits per heavy atom. The van der Waals surface area contributed by atoms with E-state index in [9.17, 15) is 4.79 Å². The lowest BCUT2D eigenvalue weighted by Gasteiger charge is -2.19. The SMILES string of the molecule is CCNC(=NCc1cccc(CN2CCCC2=O)c1)NC(C)c1cccc(-n2cccn2)c1.I. The van der Waals surface area contributed by atoms with Crippen LogP contribution in [0.5, 0.6) is 0 Å². The van der Waals surface area contributed by atoms with Gasteiger partial charge in [-0.15, -0.1) is 24.0 Å². The molecule has 8 heteroatoms. The van der Waals surface area contributed by atoms with E-state index >= 15 is 0 Å². The van der Waals surface area contributed by atoms with E-state index in [0.717, 1.165) is 47.8 Å². The fraction of sp³-hybridized carbons (Fsp3) is 0.346. The predicted molar refractivity (Wildman–Crippen MR) is 146 cm³/mol. The van der Waals surface area contributed by atoms with Gasteiger partial charge in [0.15, 0.2) is 5.96 Å². The topological polar surface area (TPSA) is 74.6 Å². The minimum atomic E-state index is 0. The maximum absolute atomic E-state index is 11.9. The van der Waals surface area contributed by atoms with E-state index < -0.39 is 0 Å². The molecule has 1 aliphatic rings. The molecule has 1 fully saturated rings. The Kier molecular flexibility index (Phi) is 9.50. The maximum atomic E-state index is 11.9. The molecule has 1 saturated heterocycles. The zero-order valence-corrected chi connectivity index (χ0v) is 22.1. The van der Waals surface area contributed by atoms with Crippen LogP contribution in [-0.2, 0) is 17.9 Å². The Hall–Kier alpha value is -2.88. The number of aliphatic imine (C=N–C) groups is 1. The highest BCUT2D eigenvalue weighted by atomic mass is 127. The van der Waals surface area contributed by atoms with Crippen LogP contribution >= 0.6 is 24.0 Å². The molecule has 0 spiro atoms. The third-order valence-corrected chi connectivity index (χ3v) is 5.79. The van der Waals surface area contributed by atoms with Gasteiger partial charge in [-0.1, -0.05) is 36.4 Å². The predicted octanol–water partition coefficient (Wildman–Crippen LogP) is 4.43. The molecule has 3 aromatic rings. The number of guanidine groups is 1. The van der Waals surface area contributed by atoms with Gasteiger partial charge >= 0.3 is 0 Å². The van der Waals surface area contributed by atoms with Crippen LogP contribution in [0.25, 0.3) is 5.69 Å². The molecule has 7 nitrogen and oxygen atoms in total. The van der Waals surface area contributed by atoms with E-state index in [0.29, 0.717) is 19.5 Å². The number of rotatable bonds is 8. The number of nitrogens with one attached hydrogen (secondary N) is 2. The molecule has 1 atom stereocenters. The van der Waals surface area contributed by atoms with Crippen molar-refractivity contribution in [2.45, 2.75) is 45.8 Å². The number of carbonyl (C=O) groups is 1. The molecule has 4 rings (SSSR count). The summed E-state index contributed by atoms with van der Waals surface area (Å²) in [4.78, 5) is 18.7. The first kappa shape index (κ1) is 25.7. The van der Waals surface area contributed by atoms with E-state index in [1.807, 2.05) is 40.0 Å². The van der Waals surface area contributed by atoms with Crippen LogP contribution in [0.1, 0.15) is 49.4 Å². The summed E-state index contributed by atoms with van der Waals surface area (Å²) in [6.45, 7) is 7.07. The third kappa shape index (κ3) is 6.82. The number of halogens is 1. The van der Waals surface area contributed by atoms with Crippen LogP contribution in [0.2, 0.25) is 0 Å². The average molecular weight is 572 g/mol. The van der Waals surface area contributed by atoms with Crippen molar-refractivity contribution in [3.05, 3.63) is 83.7 Å². The lowest BCUT2D eigenvalue weighted by molar-refractivity contribution is -0.128. The Bertz CT molecular complexity index is 1100. The standard InChI is InChI=1S/C26H32N6O.HI/c1-3-27-26(30-20(2)23-10-5-11-24(17-23)32-15-7-13-29-32)28-18-21-8-4-9-22(16-21)19-31-14-6-12-25(31)33;/h4-5,7-11,13,15-17,20H,3,6,12,14,18-19H2,1-2H3,(H2,27,28,30);1H. The van der Waals surface area contributed by atoms with Gasteiger partial charge in [0.25, 0.3) is 0 Å². The lowest BCUT2D eigenvalue weighted by Crippen LogP contribution is -2.38. The van der Waals surface area contributed by atoms with Gasteiger partial charge in [0, 0.05) is 38.4 Å².